The number of nitrogens with one attached hydrogen (secondary N) is 1. The summed E-state index contributed by atoms with van der Waals surface area (Å²) in [7, 11) is 0. The maximum atomic E-state index is 12.1. The molecular weight excluding hydrogens is 332 g/mol. The number of carbonyl (C=O) groups is 1. The monoisotopic (exact) mass is 352 g/mol. The van der Waals surface area contributed by atoms with Crippen LogP contribution in [0.3, 0.4) is 0 Å². The summed E-state index contributed by atoms with van der Waals surface area (Å²) >= 11 is 1.41. The molecule has 2 heterocycles. The molecule has 3 rings (SSSR count). The lowest BCUT2D eigenvalue weighted by Crippen LogP contribution is -2.15. The fourth-order valence-corrected chi connectivity index (χ4v) is 3.09. The minimum Gasteiger partial charge on any atom is -0.325 e. The average Bonchev–Trinajstić information content (AvgIpc) is 3.10. The number of anilines is 1. The molecule has 0 fully saturated rings. The van der Waals surface area contributed by atoms with Crippen LogP contribution in [-0.4, -0.2) is 27.4 Å². The van der Waals surface area contributed by atoms with Gasteiger partial charge < -0.3 is 5.32 Å². The fourth-order valence-electron chi connectivity index (χ4n) is 2.38. The van der Waals surface area contributed by atoms with E-state index in [9.17, 15) is 4.79 Å². The number of benzene rings is 1. The van der Waals surface area contributed by atoms with Gasteiger partial charge in [-0.05, 0) is 35.7 Å². The van der Waals surface area contributed by atoms with Crippen molar-refractivity contribution < 1.29 is 4.79 Å². The van der Waals surface area contributed by atoms with Crippen molar-refractivity contribution in [3.8, 4) is 0 Å². The van der Waals surface area contributed by atoms with Crippen LogP contribution < -0.4 is 5.32 Å². The number of carbonyl (C=O) groups excluding carboxylic acids is 1. The van der Waals surface area contributed by atoms with Gasteiger partial charge in [-0.1, -0.05) is 43.8 Å². The van der Waals surface area contributed by atoms with Gasteiger partial charge in [-0.2, -0.15) is 5.10 Å². The Labute approximate surface area is 151 Å². The highest BCUT2D eigenvalue weighted by Gasteiger charge is 2.17. The van der Waals surface area contributed by atoms with E-state index in [0.717, 1.165) is 22.1 Å². The summed E-state index contributed by atoms with van der Waals surface area (Å²) in [4.78, 5) is 16.4. The second kappa shape index (κ2) is 8.07. The molecule has 1 N–H and O–H groups in total. The van der Waals surface area contributed by atoms with Crippen LogP contribution >= 0.6 is 11.8 Å². The van der Waals surface area contributed by atoms with Crippen molar-refractivity contribution in [2.45, 2.75) is 26.2 Å². The van der Waals surface area contributed by atoms with Crippen LogP contribution in [0.15, 0.2) is 58.9 Å². The van der Waals surface area contributed by atoms with Crippen LogP contribution in [0, 0.1) is 0 Å². The maximum absolute atomic E-state index is 12.1. The molecule has 128 valence electrons. The van der Waals surface area contributed by atoms with E-state index in [1.54, 1.807) is 6.20 Å². The molecular formula is C19H20N4OS. The summed E-state index contributed by atoms with van der Waals surface area (Å²) < 4.78 is 0. The van der Waals surface area contributed by atoms with Crippen molar-refractivity contribution in [1.29, 1.82) is 0 Å². The molecule has 0 bridgehead atoms. The van der Waals surface area contributed by atoms with Crippen molar-refractivity contribution in [1.82, 2.24) is 4.98 Å². The van der Waals surface area contributed by atoms with Gasteiger partial charge >= 0.3 is 0 Å². The Kier molecular flexibility index (Phi) is 5.60. The summed E-state index contributed by atoms with van der Waals surface area (Å²) in [5.41, 5.74) is 3.74. The van der Waals surface area contributed by atoms with Gasteiger partial charge in [-0.25, -0.2) is 0 Å². The highest BCUT2D eigenvalue weighted by atomic mass is 32.2. The molecule has 2 aromatic rings. The number of hydrogen-bond acceptors (Lipinski definition) is 5. The molecule has 1 amide bonds. The van der Waals surface area contributed by atoms with Gasteiger partial charge in [-0.15, -0.1) is 5.10 Å². The summed E-state index contributed by atoms with van der Waals surface area (Å²) in [5.74, 6) is 0.751. The molecule has 0 atom stereocenters. The first-order valence-corrected chi connectivity index (χ1v) is 9.18. The van der Waals surface area contributed by atoms with Crippen molar-refractivity contribution in [3.63, 3.8) is 0 Å². The Balaban J connectivity index is 1.46. The molecule has 0 aliphatic carbocycles. The predicted molar refractivity (Wildman–Crippen MR) is 104 cm³/mol. The number of hydrogen-bond donors (Lipinski definition) is 1. The number of amides is 1. The van der Waals surface area contributed by atoms with Crippen LogP contribution in [0.2, 0.25) is 0 Å². The minimum atomic E-state index is -0.0451. The second-order valence-electron chi connectivity index (χ2n) is 6.05. The third-order valence-electron chi connectivity index (χ3n) is 3.79. The topological polar surface area (TPSA) is 66.7 Å². The molecule has 0 saturated heterocycles. The number of thioether (sulfide) groups is 1. The zero-order valence-corrected chi connectivity index (χ0v) is 15.1. The van der Waals surface area contributed by atoms with Crippen LogP contribution in [0.4, 0.5) is 5.69 Å². The van der Waals surface area contributed by atoms with Crippen molar-refractivity contribution in [3.05, 3.63) is 59.9 Å². The van der Waals surface area contributed by atoms with Gasteiger partial charge in [0.05, 0.1) is 17.2 Å². The molecule has 6 heteroatoms. The molecule has 0 unspecified atom stereocenters. The van der Waals surface area contributed by atoms with Gasteiger partial charge in [0.15, 0.2) is 0 Å². The Bertz CT molecular complexity index is 798. The van der Waals surface area contributed by atoms with Gasteiger partial charge in [0.25, 0.3) is 0 Å². The third kappa shape index (κ3) is 4.76. The Morgan fingerprint density at radius 1 is 1.16 bits per heavy atom. The largest absolute Gasteiger partial charge is 0.325 e. The minimum absolute atomic E-state index is 0.0451. The van der Waals surface area contributed by atoms with Crippen molar-refractivity contribution in [2.75, 3.05) is 11.1 Å². The number of aromatic nitrogens is 1. The Morgan fingerprint density at radius 2 is 1.96 bits per heavy atom. The van der Waals surface area contributed by atoms with Gasteiger partial charge in [0.1, 0.15) is 5.04 Å². The highest BCUT2D eigenvalue weighted by Crippen LogP contribution is 2.19. The van der Waals surface area contributed by atoms with Crippen molar-refractivity contribution in [2.24, 2.45) is 10.2 Å². The Hall–Kier alpha value is -2.47. The second-order valence-corrected chi connectivity index (χ2v) is 7.09. The zero-order valence-electron chi connectivity index (χ0n) is 14.3. The van der Waals surface area contributed by atoms with Gasteiger partial charge in [0, 0.05) is 18.3 Å². The van der Waals surface area contributed by atoms with Gasteiger partial charge in [0.2, 0.25) is 5.91 Å². The lowest BCUT2D eigenvalue weighted by Gasteiger charge is -2.08. The van der Waals surface area contributed by atoms with Gasteiger partial charge in [-0.3, -0.25) is 9.78 Å². The molecule has 0 spiro atoms. The highest BCUT2D eigenvalue weighted by molar-refractivity contribution is 8.14. The van der Waals surface area contributed by atoms with E-state index >= 15 is 0 Å². The number of nitrogens with zero attached hydrogens (tertiary/aromatic N) is 3. The summed E-state index contributed by atoms with van der Waals surface area (Å²) in [6.07, 6.45) is 2.36. The zero-order chi connectivity index (χ0) is 17.6. The van der Waals surface area contributed by atoms with E-state index in [1.807, 2.05) is 42.5 Å². The van der Waals surface area contributed by atoms with E-state index in [-0.39, 0.29) is 5.91 Å². The lowest BCUT2D eigenvalue weighted by atomic mass is 10.0. The van der Waals surface area contributed by atoms with E-state index < -0.39 is 0 Å². The van der Waals surface area contributed by atoms with Crippen LogP contribution in [-0.2, 0) is 4.79 Å². The summed E-state index contributed by atoms with van der Waals surface area (Å²) in [6.45, 7) is 4.29. The molecule has 0 saturated carbocycles. The molecule has 1 aromatic carbocycles. The summed E-state index contributed by atoms with van der Waals surface area (Å²) in [6, 6.07) is 13.7. The number of pyridine rings is 1. The summed E-state index contributed by atoms with van der Waals surface area (Å²) in [5, 5.41) is 12.1. The predicted octanol–water partition coefficient (Wildman–Crippen LogP) is 4.08. The normalized spacial score (nSPS) is 13.6. The third-order valence-corrected chi connectivity index (χ3v) is 4.76. The first-order chi connectivity index (χ1) is 12.1. The fraction of sp³-hybridized carbons (Fsp3) is 0.263. The van der Waals surface area contributed by atoms with E-state index in [1.165, 1.54) is 17.3 Å². The lowest BCUT2D eigenvalue weighted by molar-refractivity contribution is -0.113. The first-order valence-electron chi connectivity index (χ1n) is 8.19. The SMILES string of the molecule is CC(C)c1ccc(NC(=O)CSC2=NN=C(c3ccccn3)C2)cc1. The van der Waals surface area contributed by atoms with E-state index in [4.69, 9.17) is 0 Å². The average molecular weight is 352 g/mol. The van der Waals surface area contributed by atoms with Crippen molar-refractivity contribution >= 4 is 34.1 Å². The van der Waals surface area contributed by atoms with Crippen LogP contribution in [0.1, 0.15) is 37.4 Å². The quantitative estimate of drug-likeness (QED) is 0.881. The van der Waals surface area contributed by atoms with Crippen LogP contribution in [0.25, 0.3) is 0 Å². The molecule has 1 aromatic heterocycles. The number of rotatable bonds is 5. The molecule has 1 aliphatic heterocycles. The van der Waals surface area contributed by atoms with E-state index in [2.05, 4.69) is 34.4 Å². The molecule has 25 heavy (non-hydrogen) atoms. The smallest absolute Gasteiger partial charge is 0.234 e. The van der Waals surface area contributed by atoms with E-state index in [0.29, 0.717) is 18.1 Å². The standard InChI is InChI=1S/C19H20N4OS/c1-13(2)14-6-8-15(9-7-14)21-18(24)12-25-19-11-17(22-23-19)16-5-3-4-10-20-16/h3-10,13H,11-12H2,1-2H3,(H,21,24). The molecule has 0 radical (unpaired) electrons. The first kappa shape index (κ1) is 17.4. The molecule has 1 aliphatic rings. The van der Waals surface area contributed by atoms with Crippen LogP contribution in [0.5, 0.6) is 0 Å². The maximum Gasteiger partial charge on any atom is 0.234 e. The molecule has 5 nitrogen and oxygen atoms in total. The Morgan fingerprint density at radius 3 is 2.64 bits per heavy atom.